The number of hydrogen-bond acceptors (Lipinski definition) is 4. The third-order valence-corrected chi connectivity index (χ3v) is 4.64. The van der Waals surface area contributed by atoms with Crippen molar-refractivity contribution in [2.45, 2.75) is 5.75 Å². The van der Waals surface area contributed by atoms with Crippen LogP contribution in [0.25, 0.3) is 0 Å². The SMILES string of the molecule is COc1ccc(NS(=O)(=O)Cc2ccc(N)cc2)cc1Br. The van der Waals surface area contributed by atoms with Crippen molar-refractivity contribution >= 4 is 37.3 Å². The molecule has 7 heteroatoms. The molecule has 21 heavy (non-hydrogen) atoms. The van der Waals surface area contributed by atoms with Crippen LogP contribution in [0.15, 0.2) is 46.9 Å². The van der Waals surface area contributed by atoms with Crippen LogP contribution >= 0.6 is 15.9 Å². The van der Waals surface area contributed by atoms with Gasteiger partial charge >= 0.3 is 0 Å². The molecular formula is C14H15BrN2O3S. The summed E-state index contributed by atoms with van der Waals surface area (Å²) < 4.78 is 32.6. The van der Waals surface area contributed by atoms with Gasteiger partial charge in [-0.25, -0.2) is 8.42 Å². The first-order chi connectivity index (χ1) is 9.89. The number of ether oxygens (including phenoxy) is 1. The molecule has 0 bridgehead atoms. The van der Waals surface area contributed by atoms with E-state index in [0.717, 1.165) is 0 Å². The number of rotatable bonds is 5. The maximum atomic E-state index is 12.1. The summed E-state index contributed by atoms with van der Waals surface area (Å²) in [7, 11) is -1.94. The number of nitrogen functional groups attached to an aromatic ring is 1. The molecule has 3 N–H and O–H groups in total. The topological polar surface area (TPSA) is 81.4 Å². The van der Waals surface area contributed by atoms with Crippen LogP contribution in [0.5, 0.6) is 5.75 Å². The Morgan fingerprint density at radius 1 is 1.19 bits per heavy atom. The number of methoxy groups -OCH3 is 1. The lowest BCUT2D eigenvalue weighted by molar-refractivity contribution is 0.412. The summed E-state index contributed by atoms with van der Waals surface area (Å²) in [4.78, 5) is 0. The minimum absolute atomic E-state index is 0.114. The van der Waals surface area contributed by atoms with Gasteiger partial charge in [-0.3, -0.25) is 4.72 Å². The Kier molecular flexibility index (Phi) is 4.74. The van der Waals surface area contributed by atoms with Gasteiger partial charge in [0, 0.05) is 11.4 Å². The van der Waals surface area contributed by atoms with Crippen molar-refractivity contribution < 1.29 is 13.2 Å². The van der Waals surface area contributed by atoms with Gasteiger partial charge < -0.3 is 10.5 Å². The van der Waals surface area contributed by atoms with Gasteiger partial charge in [0.25, 0.3) is 0 Å². The van der Waals surface area contributed by atoms with Gasteiger partial charge in [-0.1, -0.05) is 12.1 Å². The third kappa shape index (κ3) is 4.37. The molecule has 0 atom stereocenters. The van der Waals surface area contributed by atoms with Crippen molar-refractivity contribution in [3.8, 4) is 5.75 Å². The highest BCUT2D eigenvalue weighted by atomic mass is 79.9. The normalized spacial score (nSPS) is 11.1. The van der Waals surface area contributed by atoms with E-state index in [-0.39, 0.29) is 5.75 Å². The molecule has 0 fully saturated rings. The number of sulfonamides is 1. The van der Waals surface area contributed by atoms with Gasteiger partial charge in [0.1, 0.15) is 5.75 Å². The second-order valence-electron chi connectivity index (χ2n) is 4.45. The van der Waals surface area contributed by atoms with Gasteiger partial charge in [0.2, 0.25) is 10.0 Å². The predicted molar refractivity (Wildman–Crippen MR) is 87.8 cm³/mol. The largest absolute Gasteiger partial charge is 0.496 e. The van der Waals surface area contributed by atoms with Crippen LogP contribution in [-0.4, -0.2) is 15.5 Å². The van der Waals surface area contributed by atoms with Gasteiger partial charge in [0.15, 0.2) is 0 Å². The van der Waals surface area contributed by atoms with E-state index in [1.54, 1.807) is 49.6 Å². The molecule has 0 spiro atoms. The Labute approximate surface area is 132 Å². The third-order valence-electron chi connectivity index (χ3n) is 2.76. The van der Waals surface area contributed by atoms with Crippen LogP contribution in [0, 0.1) is 0 Å². The lowest BCUT2D eigenvalue weighted by atomic mass is 10.2. The monoisotopic (exact) mass is 370 g/mol. The molecular weight excluding hydrogens is 356 g/mol. The van der Waals surface area contributed by atoms with E-state index in [0.29, 0.717) is 27.2 Å². The van der Waals surface area contributed by atoms with Gasteiger partial charge in [0.05, 0.1) is 17.3 Å². The zero-order valence-corrected chi connectivity index (χ0v) is 13.7. The quantitative estimate of drug-likeness (QED) is 0.792. The Morgan fingerprint density at radius 2 is 1.86 bits per heavy atom. The summed E-state index contributed by atoms with van der Waals surface area (Å²) >= 11 is 3.32. The number of anilines is 2. The zero-order valence-electron chi connectivity index (χ0n) is 11.3. The summed E-state index contributed by atoms with van der Waals surface area (Å²) in [5, 5.41) is 0. The van der Waals surface area contributed by atoms with Crippen molar-refractivity contribution in [1.82, 2.24) is 0 Å². The summed E-state index contributed by atoms with van der Waals surface area (Å²) in [6, 6.07) is 11.7. The molecule has 0 saturated carbocycles. The average molecular weight is 371 g/mol. The van der Waals surface area contributed by atoms with Crippen LogP contribution < -0.4 is 15.2 Å². The van der Waals surface area contributed by atoms with Crippen molar-refractivity contribution in [2.75, 3.05) is 17.6 Å². The predicted octanol–water partition coefficient (Wildman–Crippen LogP) is 2.98. The van der Waals surface area contributed by atoms with Crippen LogP contribution in [-0.2, 0) is 15.8 Å². The highest BCUT2D eigenvalue weighted by molar-refractivity contribution is 9.10. The minimum Gasteiger partial charge on any atom is -0.496 e. The molecule has 2 rings (SSSR count). The molecule has 0 amide bonds. The fourth-order valence-electron chi connectivity index (χ4n) is 1.78. The zero-order chi connectivity index (χ0) is 15.5. The van der Waals surface area contributed by atoms with Crippen LogP contribution in [0.1, 0.15) is 5.56 Å². The summed E-state index contributed by atoms with van der Waals surface area (Å²) in [6.45, 7) is 0. The maximum Gasteiger partial charge on any atom is 0.236 e. The summed E-state index contributed by atoms with van der Waals surface area (Å²) in [5.41, 5.74) is 7.32. The number of hydrogen-bond donors (Lipinski definition) is 2. The first-order valence-electron chi connectivity index (χ1n) is 6.08. The van der Waals surface area contributed by atoms with Crippen molar-refractivity contribution in [3.05, 3.63) is 52.5 Å². The number of nitrogens with two attached hydrogens (primary N) is 1. The number of benzene rings is 2. The molecule has 2 aromatic carbocycles. The minimum atomic E-state index is -3.49. The van der Waals surface area contributed by atoms with Crippen molar-refractivity contribution in [1.29, 1.82) is 0 Å². The Morgan fingerprint density at radius 3 is 2.43 bits per heavy atom. The molecule has 5 nitrogen and oxygen atoms in total. The lowest BCUT2D eigenvalue weighted by Crippen LogP contribution is -2.15. The van der Waals surface area contributed by atoms with E-state index in [1.807, 2.05) is 0 Å². The molecule has 0 saturated heterocycles. The highest BCUT2D eigenvalue weighted by Crippen LogP contribution is 2.28. The Balaban J connectivity index is 2.13. The molecule has 0 aromatic heterocycles. The van der Waals surface area contributed by atoms with E-state index >= 15 is 0 Å². The second-order valence-corrected chi connectivity index (χ2v) is 7.03. The Hall–Kier alpha value is -1.73. The fourth-order valence-corrected chi connectivity index (χ4v) is 3.51. The molecule has 112 valence electrons. The van der Waals surface area contributed by atoms with Crippen LogP contribution in [0.3, 0.4) is 0 Å². The molecule has 2 aromatic rings. The smallest absolute Gasteiger partial charge is 0.236 e. The van der Waals surface area contributed by atoms with Crippen molar-refractivity contribution in [3.63, 3.8) is 0 Å². The molecule has 0 unspecified atom stereocenters. The Bertz CT molecular complexity index is 730. The van der Waals surface area contributed by atoms with E-state index in [1.165, 1.54) is 0 Å². The van der Waals surface area contributed by atoms with Gasteiger partial charge in [-0.05, 0) is 51.8 Å². The van der Waals surface area contributed by atoms with Gasteiger partial charge in [-0.2, -0.15) is 0 Å². The van der Waals surface area contributed by atoms with Crippen LogP contribution in [0.4, 0.5) is 11.4 Å². The molecule has 0 radical (unpaired) electrons. The maximum absolute atomic E-state index is 12.1. The first-order valence-corrected chi connectivity index (χ1v) is 8.52. The van der Waals surface area contributed by atoms with Crippen molar-refractivity contribution in [2.24, 2.45) is 0 Å². The van der Waals surface area contributed by atoms with E-state index < -0.39 is 10.0 Å². The molecule has 0 aliphatic heterocycles. The average Bonchev–Trinajstić information content (AvgIpc) is 2.41. The molecule has 0 heterocycles. The van der Waals surface area contributed by atoms with E-state index in [2.05, 4.69) is 20.7 Å². The standard InChI is InChI=1S/C14H15BrN2O3S/c1-20-14-7-6-12(8-13(14)15)17-21(18,19)9-10-2-4-11(16)5-3-10/h2-8,17H,9,16H2,1H3. The summed E-state index contributed by atoms with van der Waals surface area (Å²) in [6.07, 6.45) is 0. The highest BCUT2D eigenvalue weighted by Gasteiger charge is 2.12. The first kappa shape index (κ1) is 15.7. The second kappa shape index (κ2) is 6.36. The van der Waals surface area contributed by atoms with E-state index in [9.17, 15) is 8.42 Å². The van der Waals surface area contributed by atoms with Gasteiger partial charge in [-0.15, -0.1) is 0 Å². The number of halogens is 1. The lowest BCUT2D eigenvalue weighted by Gasteiger charge is -2.10. The van der Waals surface area contributed by atoms with E-state index in [4.69, 9.17) is 10.5 Å². The summed E-state index contributed by atoms with van der Waals surface area (Å²) in [5.74, 6) is 0.521. The molecule has 0 aliphatic rings. The molecule has 0 aliphatic carbocycles. The van der Waals surface area contributed by atoms with Crippen LogP contribution in [0.2, 0.25) is 0 Å². The number of nitrogens with one attached hydrogen (secondary N) is 1. The fraction of sp³-hybridized carbons (Fsp3) is 0.143.